The third kappa shape index (κ3) is 1.91. The zero-order valence-corrected chi connectivity index (χ0v) is 13.0. The molecule has 0 radical (unpaired) electrons. The van der Waals surface area contributed by atoms with Crippen molar-refractivity contribution in [3.05, 3.63) is 0 Å². The molecule has 2 aliphatic heterocycles. The fourth-order valence-electron chi connectivity index (χ4n) is 4.43. The van der Waals surface area contributed by atoms with Crippen molar-refractivity contribution >= 4 is 11.8 Å². The van der Waals surface area contributed by atoms with E-state index in [0.29, 0.717) is 21.7 Å². The number of hydrogen-bond acceptors (Lipinski definition) is 3. The molecule has 6 unspecified atom stereocenters. The summed E-state index contributed by atoms with van der Waals surface area (Å²) in [7, 11) is 0. The van der Waals surface area contributed by atoms with E-state index >= 15 is 0 Å². The van der Waals surface area contributed by atoms with Crippen molar-refractivity contribution in [3.8, 4) is 0 Å². The minimum absolute atomic E-state index is 0.438. The quantitative estimate of drug-likeness (QED) is 0.784. The first-order chi connectivity index (χ1) is 9.17. The van der Waals surface area contributed by atoms with Crippen molar-refractivity contribution in [2.45, 2.75) is 74.1 Å². The number of rotatable bonds is 4. The van der Waals surface area contributed by atoms with Crippen molar-refractivity contribution in [2.75, 3.05) is 13.2 Å². The Bertz CT molecular complexity index is 328. The average Bonchev–Trinajstić information content (AvgIpc) is 3.03. The highest BCUT2D eigenvalue weighted by atomic mass is 32.2. The van der Waals surface area contributed by atoms with E-state index in [0.717, 1.165) is 25.0 Å². The molecule has 4 aliphatic rings. The summed E-state index contributed by atoms with van der Waals surface area (Å²) in [6.07, 6.45) is 8.88. The molecule has 0 aromatic carbocycles. The molecule has 2 saturated carbocycles. The molecule has 4 rings (SSSR count). The van der Waals surface area contributed by atoms with E-state index in [4.69, 9.17) is 9.47 Å². The predicted octanol–water partition coefficient (Wildman–Crippen LogP) is 3.63. The lowest BCUT2D eigenvalue weighted by atomic mass is 10.1. The Balaban J connectivity index is 1.52. The standard InChI is InChI=1S/C16H26O2S/c1-11-9-15(11,13-5-3-7-17-13)19-16(10-12(16)2)14-6-4-8-18-14/h11-14H,3-10H2,1-2H3. The van der Waals surface area contributed by atoms with E-state index in [2.05, 4.69) is 25.6 Å². The van der Waals surface area contributed by atoms with Gasteiger partial charge >= 0.3 is 0 Å². The van der Waals surface area contributed by atoms with Gasteiger partial charge in [0.2, 0.25) is 0 Å². The summed E-state index contributed by atoms with van der Waals surface area (Å²) in [6.45, 7) is 6.82. The highest BCUT2D eigenvalue weighted by Gasteiger charge is 2.68. The fraction of sp³-hybridized carbons (Fsp3) is 1.00. The Morgan fingerprint density at radius 3 is 1.53 bits per heavy atom. The first-order valence-corrected chi connectivity index (χ1v) is 8.92. The molecule has 3 heteroatoms. The lowest BCUT2D eigenvalue weighted by Crippen LogP contribution is -2.35. The zero-order chi connectivity index (χ0) is 13.1. The van der Waals surface area contributed by atoms with Gasteiger partial charge in [-0.2, -0.15) is 0 Å². The molecular formula is C16H26O2S. The van der Waals surface area contributed by atoms with Crippen LogP contribution in [-0.4, -0.2) is 34.9 Å². The van der Waals surface area contributed by atoms with E-state index in [1.165, 1.54) is 38.5 Å². The van der Waals surface area contributed by atoms with Crippen LogP contribution in [0.5, 0.6) is 0 Å². The molecule has 2 aliphatic carbocycles. The van der Waals surface area contributed by atoms with Crippen LogP contribution in [0, 0.1) is 11.8 Å². The molecule has 0 aromatic rings. The van der Waals surface area contributed by atoms with Crippen molar-refractivity contribution in [3.63, 3.8) is 0 Å². The molecule has 4 fully saturated rings. The average molecular weight is 282 g/mol. The first kappa shape index (κ1) is 13.0. The maximum absolute atomic E-state index is 6.06. The van der Waals surface area contributed by atoms with Gasteiger partial charge in [-0.15, -0.1) is 11.8 Å². The lowest BCUT2D eigenvalue weighted by Gasteiger charge is -2.32. The molecule has 0 N–H and O–H groups in total. The Hall–Kier alpha value is 0.270. The fourth-order valence-corrected chi connectivity index (χ4v) is 6.84. The van der Waals surface area contributed by atoms with Crippen LogP contribution in [0.25, 0.3) is 0 Å². The third-order valence-electron chi connectivity index (χ3n) is 5.93. The second kappa shape index (κ2) is 4.38. The predicted molar refractivity (Wildman–Crippen MR) is 78.6 cm³/mol. The molecule has 2 saturated heterocycles. The summed E-state index contributed by atoms with van der Waals surface area (Å²) in [5, 5.41) is 0. The maximum Gasteiger partial charge on any atom is 0.0725 e. The van der Waals surface area contributed by atoms with Crippen LogP contribution >= 0.6 is 11.8 Å². The summed E-state index contributed by atoms with van der Waals surface area (Å²) < 4.78 is 13.0. The highest BCUT2D eigenvalue weighted by Crippen LogP contribution is 2.71. The van der Waals surface area contributed by atoms with Crippen molar-refractivity contribution < 1.29 is 9.47 Å². The van der Waals surface area contributed by atoms with Gasteiger partial charge in [0.15, 0.2) is 0 Å². The highest BCUT2D eigenvalue weighted by molar-refractivity contribution is 8.02. The van der Waals surface area contributed by atoms with Crippen LogP contribution in [0.4, 0.5) is 0 Å². The Kier molecular flexibility index (Phi) is 2.99. The number of ether oxygens (including phenoxy) is 2. The van der Waals surface area contributed by atoms with Crippen LogP contribution in [0.3, 0.4) is 0 Å². The molecule has 6 atom stereocenters. The van der Waals surface area contributed by atoms with Crippen LogP contribution in [-0.2, 0) is 9.47 Å². The van der Waals surface area contributed by atoms with Crippen LogP contribution in [0.2, 0.25) is 0 Å². The first-order valence-electron chi connectivity index (χ1n) is 8.11. The molecule has 0 bridgehead atoms. The summed E-state index contributed by atoms with van der Waals surface area (Å²) in [4.78, 5) is 0. The van der Waals surface area contributed by atoms with Gasteiger partial charge in [0.25, 0.3) is 0 Å². The molecule has 2 heterocycles. The van der Waals surface area contributed by atoms with E-state index in [1.54, 1.807) is 0 Å². The molecule has 19 heavy (non-hydrogen) atoms. The minimum Gasteiger partial charge on any atom is -0.377 e. The molecule has 0 spiro atoms. The number of hydrogen-bond donors (Lipinski definition) is 0. The van der Waals surface area contributed by atoms with Gasteiger partial charge in [-0.1, -0.05) is 13.8 Å². The Morgan fingerprint density at radius 1 is 0.842 bits per heavy atom. The monoisotopic (exact) mass is 282 g/mol. The summed E-state index contributed by atoms with van der Waals surface area (Å²) >= 11 is 2.29. The largest absolute Gasteiger partial charge is 0.377 e. The van der Waals surface area contributed by atoms with Gasteiger partial charge < -0.3 is 9.47 Å². The normalized spacial score (nSPS) is 56.5. The molecular weight excluding hydrogens is 256 g/mol. The molecule has 0 aromatic heterocycles. The van der Waals surface area contributed by atoms with E-state index < -0.39 is 0 Å². The SMILES string of the molecule is CC1CC1(SC1(C2CCCO2)CC1C)C1CCCO1. The van der Waals surface area contributed by atoms with Gasteiger partial charge in [0, 0.05) is 22.7 Å². The van der Waals surface area contributed by atoms with Gasteiger partial charge in [-0.25, -0.2) is 0 Å². The second-order valence-electron chi connectivity index (χ2n) is 7.23. The molecule has 2 nitrogen and oxygen atoms in total. The van der Waals surface area contributed by atoms with Gasteiger partial charge in [-0.05, 0) is 50.4 Å². The summed E-state index contributed by atoms with van der Waals surface area (Å²) in [5.74, 6) is 1.68. The maximum atomic E-state index is 6.06. The van der Waals surface area contributed by atoms with Crippen LogP contribution in [0.1, 0.15) is 52.4 Å². The molecule has 0 amide bonds. The van der Waals surface area contributed by atoms with Gasteiger partial charge in [-0.3, -0.25) is 0 Å². The Labute approximate surface area is 121 Å². The van der Waals surface area contributed by atoms with E-state index in [-0.39, 0.29) is 0 Å². The summed E-state index contributed by atoms with van der Waals surface area (Å²) in [5.41, 5.74) is 0. The van der Waals surface area contributed by atoms with Gasteiger partial charge in [0.05, 0.1) is 12.2 Å². The number of thioether (sulfide) groups is 1. The summed E-state index contributed by atoms with van der Waals surface area (Å²) in [6, 6.07) is 0. The smallest absolute Gasteiger partial charge is 0.0725 e. The van der Waals surface area contributed by atoms with E-state index in [9.17, 15) is 0 Å². The third-order valence-corrected chi connectivity index (χ3v) is 8.35. The second-order valence-corrected chi connectivity index (χ2v) is 8.95. The zero-order valence-electron chi connectivity index (χ0n) is 12.2. The van der Waals surface area contributed by atoms with Crippen molar-refractivity contribution in [2.24, 2.45) is 11.8 Å². The Morgan fingerprint density at radius 2 is 1.26 bits per heavy atom. The van der Waals surface area contributed by atoms with Crippen LogP contribution in [0.15, 0.2) is 0 Å². The van der Waals surface area contributed by atoms with Gasteiger partial charge in [0.1, 0.15) is 0 Å². The lowest BCUT2D eigenvalue weighted by molar-refractivity contribution is 0.0927. The van der Waals surface area contributed by atoms with Crippen molar-refractivity contribution in [1.29, 1.82) is 0 Å². The van der Waals surface area contributed by atoms with Crippen LogP contribution < -0.4 is 0 Å². The topological polar surface area (TPSA) is 18.5 Å². The minimum atomic E-state index is 0.438. The van der Waals surface area contributed by atoms with E-state index in [1.807, 2.05) is 0 Å². The molecule has 108 valence electrons. The van der Waals surface area contributed by atoms with Crippen molar-refractivity contribution in [1.82, 2.24) is 0 Å².